The number of thiophene rings is 1. The molecule has 20 heavy (non-hydrogen) atoms. The highest BCUT2D eigenvalue weighted by atomic mass is 35.5. The van der Waals surface area contributed by atoms with Gasteiger partial charge in [-0.15, -0.1) is 11.3 Å². The van der Waals surface area contributed by atoms with E-state index in [2.05, 4.69) is 55.2 Å². The summed E-state index contributed by atoms with van der Waals surface area (Å²) < 4.78 is 3.09. The van der Waals surface area contributed by atoms with Crippen LogP contribution in [0.15, 0.2) is 30.6 Å². The molecule has 0 amide bonds. The van der Waals surface area contributed by atoms with Crippen LogP contribution in [0.3, 0.4) is 0 Å². The highest BCUT2D eigenvalue weighted by molar-refractivity contribution is 7.16. The molecule has 1 N–H and O–H groups in total. The van der Waals surface area contributed by atoms with Gasteiger partial charge < -0.3 is 9.88 Å². The quantitative estimate of drug-likeness (QED) is 0.766. The topological polar surface area (TPSA) is 17.0 Å². The molecular weight excluding hydrogens is 288 g/mol. The first kappa shape index (κ1) is 15.6. The fourth-order valence-corrected chi connectivity index (χ4v) is 3.49. The molecule has 1 atom stereocenters. The third kappa shape index (κ3) is 4.11. The average Bonchev–Trinajstić information content (AvgIpc) is 3.00. The summed E-state index contributed by atoms with van der Waals surface area (Å²) >= 11 is 7.63. The van der Waals surface area contributed by atoms with E-state index in [0.29, 0.717) is 12.0 Å². The monoisotopic (exact) mass is 310 g/mol. The molecule has 110 valence electrons. The Labute approximate surface area is 130 Å². The molecule has 0 saturated carbocycles. The minimum atomic E-state index is 0.433. The van der Waals surface area contributed by atoms with Gasteiger partial charge in [-0.25, -0.2) is 0 Å². The van der Waals surface area contributed by atoms with Gasteiger partial charge in [0.1, 0.15) is 0 Å². The Morgan fingerprint density at radius 3 is 2.70 bits per heavy atom. The molecule has 0 radical (unpaired) electrons. The zero-order valence-corrected chi connectivity index (χ0v) is 14.0. The number of hydrogen-bond acceptors (Lipinski definition) is 2. The van der Waals surface area contributed by atoms with Crippen molar-refractivity contribution in [3.05, 3.63) is 45.4 Å². The highest BCUT2D eigenvalue weighted by Crippen LogP contribution is 2.25. The second-order valence-corrected chi connectivity index (χ2v) is 7.30. The summed E-state index contributed by atoms with van der Waals surface area (Å²) in [6.07, 6.45) is 5.57. The molecule has 0 aliphatic rings. The molecular formula is C16H23ClN2S. The molecule has 2 aromatic heterocycles. The van der Waals surface area contributed by atoms with Gasteiger partial charge in [-0.1, -0.05) is 32.4 Å². The van der Waals surface area contributed by atoms with Gasteiger partial charge >= 0.3 is 0 Å². The Hall–Kier alpha value is -0.770. The standard InChI is InChI=1S/C16H23ClN2S/c1-4-8-18-16(12(2)3)13-7-9-19(10-13)11-14-5-6-15(17)20-14/h5-7,9-10,12,16,18H,4,8,11H2,1-3H3. The summed E-state index contributed by atoms with van der Waals surface area (Å²) in [5, 5.41) is 3.63. The molecule has 2 nitrogen and oxygen atoms in total. The third-order valence-electron chi connectivity index (χ3n) is 3.38. The number of rotatable bonds is 7. The number of halogens is 1. The molecule has 0 fully saturated rings. The van der Waals surface area contributed by atoms with Crippen LogP contribution in [0.4, 0.5) is 0 Å². The van der Waals surface area contributed by atoms with E-state index in [1.165, 1.54) is 10.4 Å². The van der Waals surface area contributed by atoms with E-state index in [9.17, 15) is 0 Å². The summed E-state index contributed by atoms with van der Waals surface area (Å²) in [5.41, 5.74) is 1.37. The Bertz CT molecular complexity index is 530. The third-order valence-corrected chi connectivity index (χ3v) is 4.60. The lowest BCUT2D eigenvalue weighted by molar-refractivity contribution is 0.412. The zero-order chi connectivity index (χ0) is 14.5. The van der Waals surface area contributed by atoms with Crippen molar-refractivity contribution in [2.75, 3.05) is 6.54 Å². The molecule has 0 spiro atoms. The van der Waals surface area contributed by atoms with Crippen LogP contribution in [0, 0.1) is 5.92 Å². The molecule has 2 heterocycles. The van der Waals surface area contributed by atoms with E-state index >= 15 is 0 Å². The minimum Gasteiger partial charge on any atom is -0.349 e. The van der Waals surface area contributed by atoms with Crippen molar-refractivity contribution >= 4 is 22.9 Å². The van der Waals surface area contributed by atoms with Gasteiger partial charge in [0, 0.05) is 23.3 Å². The lowest BCUT2D eigenvalue weighted by Gasteiger charge is -2.21. The van der Waals surface area contributed by atoms with Crippen LogP contribution < -0.4 is 5.32 Å². The van der Waals surface area contributed by atoms with Gasteiger partial charge in [0.05, 0.1) is 10.9 Å². The van der Waals surface area contributed by atoms with Gasteiger partial charge in [0.25, 0.3) is 0 Å². The minimum absolute atomic E-state index is 0.433. The van der Waals surface area contributed by atoms with Crippen molar-refractivity contribution in [2.45, 2.75) is 39.8 Å². The molecule has 0 saturated heterocycles. The Morgan fingerprint density at radius 2 is 2.10 bits per heavy atom. The van der Waals surface area contributed by atoms with E-state index in [-0.39, 0.29) is 0 Å². The Balaban J connectivity index is 2.06. The first-order valence-corrected chi connectivity index (χ1v) is 8.43. The van der Waals surface area contributed by atoms with E-state index in [1.807, 2.05) is 6.07 Å². The molecule has 2 rings (SSSR count). The number of nitrogens with zero attached hydrogens (tertiary/aromatic N) is 1. The fourth-order valence-electron chi connectivity index (χ4n) is 2.40. The molecule has 4 heteroatoms. The number of aromatic nitrogens is 1. The van der Waals surface area contributed by atoms with Crippen molar-refractivity contribution < 1.29 is 0 Å². The maximum Gasteiger partial charge on any atom is 0.0931 e. The first-order valence-electron chi connectivity index (χ1n) is 7.23. The normalized spacial score (nSPS) is 13.1. The number of nitrogens with one attached hydrogen (secondary N) is 1. The van der Waals surface area contributed by atoms with Gasteiger partial charge in [-0.3, -0.25) is 0 Å². The van der Waals surface area contributed by atoms with Crippen LogP contribution in [0.2, 0.25) is 4.34 Å². The maximum atomic E-state index is 5.98. The van der Waals surface area contributed by atoms with E-state index in [1.54, 1.807) is 11.3 Å². The van der Waals surface area contributed by atoms with Crippen molar-refractivity contribution in [1.29, 1.82) is 0 Å². The maximum absolute atomic E-state index is 5.98. The van der Waals surface area contributed by atoms with Crippen LogP contribution in [-0.2, 0) is 6.54 Å². The summed E-state index contributed by atoms with van der Waals surface area (Å²) in [5.74, 6) is 0.591. The predicted molar refractivity (Wildman–Crippen MR) is 88.7 cm³/mol. The fraction of sp³-hybridized carbons (Fsp3) is 0.500. The zero-order valence-electron chi connectivity index (χ0n) is 12.4. The predicted octanol–water partition coefficient (Wildman–Crippen LogP) is 4.95. The van der Waals surface area contributed by atoms with Crippen molar-refractivity contribution in [2.24, 2.45) is 5.92 Å². The molecule has 0 aliphatic carbocycles. The van der Waals surface area contributed by atoms with Crippen molar-refractivity contribution in [3.8, 4) is 0 Å². The molecule has 2 aromatic rings. The SMILES string of the molecule is CCCNC(c1ccn(Cc2ccc(Cl)s2)c1)C(C)C. The van der Waals surface area contributed by atoms with E-state index in [0.717, 1.165) is 23.8 Å². The second kappa shape index (κ2) is 7.30. The molecule has 0 aliphatic heterocycles. The summed E-state index contributed by atoms with van der Waals surface area (Å²) in [7, 11) is 0. The largest absolute Gasteiger partial charge is 0.349 e. The van der Waals surface area contributed by atoms with Gasteiger partial charge in [-0.2, -0.15) is 0 Å². The van der Waals surface area contributed by atoms with Crippen LogP contribution in [0.5, 0.6) is 0 Å². The van der Waals surface area contributed by atoms with Crippen molar-refractivity contribution in [1.82, 2.24) is 9.88 Å². The average molecular weight is 311 g/mol. The summed E-state index contributed by atoms with van der Waals surface area (Å²) in [6, 6.07) is 6.72. The van der Waals surface area contributed by atoms with Gasteiger partial charge in [0.15, 0.2) is 0 Å². The lowest BCUT2D eigenvalue weighted by Crippen LogP contribution is -2.26. The molecule has 0 bridgehead atoms. The van der Waals surface area contributed by atoms with Crippen LogP contribution in [0.1, 0.15) is 43.7 Å². The summed E-state index contributed by atoms with van der Waals surface area (Å²) in [4.78, 5) is 1.29. The van der Waals surface area contributed by atoms with E-state index in [4.69, 9.17) is 11.6 Å². The number of hydrogen-bond donors (Lipinski definition) is 1. The summed E-state index contributed by atoms with van der Waals surface area (Å²) in [6.45, 7) is 8.70. The first-order chi connectivity index (χ1) is 9.60. The van der Waals surface area contributed by atoms with Crippen LogP contribution >= 0.6 is 22.9 Å². The molecule has 1 unspecified atom stereocenters. The van der Waals surface area contributed by atoms with E-state index < -0.39 is 0 Å². The van der Waals surface area contributed by atoms with Crippen LogP contribution in [-0.4, -0.2) is 11.1 Å². The Morgan fingerprint density at radius 1 is 1.30 bits per heavy atom. The van der Waals surface area contributed by atoms with Crippen LogP contribution in [0.25, 0.3) is 0 Å². The van der Waals surface area contributed by atoms with Crippen molar-refractivity contribution in [3.63, 3.8) is 0 Å². The second-order valence-electron chi connectivity index (χ2n) is 5.50. The van der Waals surface area contributed by atoms with Gasteiger partial charge in [-0.05, 0) is 42.6 Å². The molecule has 0 aromatic carbocycles. The smallest absolute Gasteiger partial charge is 0.0931 e. The highest BCUT2D eigenvalue weighted by Gasteiger charge is 2.15. The lowest BCUT2D eigenvalue weighted by atomic mass is 9.98. The van der Waals surface area contributed by atoms with Gasteiger partial charge in [0.2, 0.25) is 0 Å². The Kier molecular flexibility index (Phi) is 5.70.